The van der Waals surface area contributed by atoms with Gasteiger partial charge >= 0.3 is 0 Å². The smallest absolute Gasteiger partial charge is 0.253 e. The van der Waals surface area contributed by atoms with Crippen LogP contribution in [-0.2, 0) is 18.4 Å². The molecule has 6 heteroatoms. The Hall–Kier alpha value is -3.28. The van der Waals surface area contributed by atoms with Crippen molar-refractivity contribution in [2.24, 2.45) is 7.05 Å². The molecule has 1 saturated heterocycles. The van der Waals surface area contributed by atoms with Gasteiger partial charge in [-0.3, -0.25) is 9.59 Å². The predicted molar refractivity (Wildman–Crippen MR) is 106 cm³/mol. The van der Waals surface area contributed by atoms with Crippen molar-refractivity contribution >= 4 is 28.4 Å². The molecule has 138 valence electrons. The molecule has 0 bridgehead atoms. The van der Waals surface area contributed by atoms with Gasteiger partial charge in [0, 0.05) is 49.5 Å². The van der Waals surface area contributed by atoms with Crippen molar-refractivity contribution < 1.29 is 9.59 Å². The van der Waals surface area contributed by atoms with E-state index in [1.807, 2.05) is 66.3 Å². The molecule has 2 amide bonds. The van der Waals surface area contributed by atoms with Crippen molar-refractivity contribution in [2.45, 2.75) is 6.54 Å². The van der Waals surface area contributed by atoms with E-state index in [0.29, 0.717) is 25.2 Å². The van der Waals surface area contributed by atoms with Crippen molar-refractivity contribution in [3.63, 3.8) is 0 Å². The number of hydrogen-bond donors (Lipinski definition) is 2. The van der Waals surface area contributed by atoms with Crippen LogP contribution >= 0.6 is 0 Å². The van der Waals surface area contributed by atoms with Gasteiger partial charge in [-0.25, -0.2) is 0 Å². The molecule has 0 atom stereocenters. The number of hydrogen-bond acceptors (Lipinski definition) is 3. The maximum atomic E-state index is 12.6. The first-order chi connectivity index (χ1) is 13.1. The van der Waals surface area contributed by atoms with Crippen molar-refractivity contribution in [2.75, 3.05) is 24.5 Å². The number of fused-ring (bicyclic) bond motifs is 1. The van der Waals surface area contributed by atoms with Crippen LogP contribution in [0.2, 0.25) is 0 Å². The first-order valence-electron chi connectivity index (χ1n) is 9.04. The number of nitrogens with one attached hydrogen (secondary N) is 2. The highest BCUT2D eigenvalue weighted by atomic mass is 16.2. The van der Waals surface area contributed by atoms with Gasteiger partial charge < -0.3 is 20.1 Å². The summed E-state index contributed by atoms with van der Waals surface area (Å²) in [5.74, 6) is -0.0312. The number of carbonyl (C=O) groups is 2. The summed E-state index contributed by atoms with van der Waals surface area (Å²) in [6.45, 7) is 2.32. The summed E-state index contributed by atoms with van der Waals surface area (Å²) in [5.41, 5.74) is 3.77. The fourth-order valence-corrected chi connectivity index (χ4v) is 3.48. The van der Waals surface area contributed by atoms with Gasteiger partial charge in [0.15, 0.2) is 0 Å². The summed E-state index contributed by atoms with van der Waals surface area (Å²) in [7, 11) is 1.94. The lowest BCUT2D eigenvalue weighted by Gasteiger charge is -2.28. The second-order valence-electron chi connectivity index (χ2n) is 6.79. The van der Waals surface area contributed by atoms with E-state index in [2.05, 4.69) is 15.5 Å². The van der Waals surface area contributed by atoms with Crippen LogP contribution in [0, 0.1) is 0 Å². The third-order valence-electron chi connectivity index (χ3n) is 4.93. The molecule has 2 aromatic carbocycles. The van der Waals surface area contributed by atoms with Crippen LogP contribution in [0.15, 0.2) is 54.7 Å². The van der Waals surface area contributed by atoms with Crippen LogP contribution in [0.3, 0.4) is 0 Å². The molecule has 1 aromatic heterocycles. The molecule has 0 aliphatic carbocycles. The van der Waals surface area contributed by atoms with Crippen LogP contribution in [0.4, 0.5) is 5.69 Å². The van der Waals surface area contributed by atoms with Crippen LogP contribution < -0.4 is 15.5 Å². The van der Waals surface area contributed by atoms with Crippen molar-refractivity contribution in [1.82, 2.24) is 15.2 Å². The quantitative estimate of drug-likeness (QED) is 0.746. The average molecular weight is 362 g/mol. The predicted octanol–water partition coefficient (Wildman–Crippen LogP) is 2.04. The molecular formula is C21H22N4O2. The van der Waals surface area contributed by atoms with Gasteiger partial charge in [0.05, 0.1) is 12.1 Å². The zero-order valence-electron chi connectivity index (χ0n) is 15.2. The maximum absolute atomic E-state index is 12.6. The summed E-state index contributed by atoms with van der Waals surface area (Å²) in [4.78, 5) is 26.2. The lowest BCUT2D eigenvalue weighted by molar-refractivity contribution is -0.120. The highest BCUT2D eigenvalue weighted by molar-refractivity contribution is 6.06. The third-order valence-corrected chi connectivity index (χ3v) is 4.93. The molecular weight excluding hydrogens is 340 g/mol. The van der Waals surface area contributed by atoms with Crippen LogP contribution in [0.25, 0.3) is 10.9 Å². The van der Waals surface area contributed by atoms with Gasteiger partial charge in [-0.05, 0) is 23.8 Å². The molecule has 1 aliphatic heterocycles. The van der Waals surface area contributed by atoms with E-state index in [4.69, 9.17) is 0 Å². The molecule has 0 spiro atoms. The minimum atomic E-state index is -0.0800. The second kappa shape index (κ2) is 7.15. The normalized spacial score (nSPS) is 14.3. The van der Waals surface area contributed by atoms with E-state index in [1.54, 1.807) is 0 Å². The van der Waals surface area contributed by atoms with Crippen LogP contribution in [-0.4, -0.2) is 36.0 Å². The molecule has 6 nitrogen and oxygen atoms in total. The number of benzene rings is 2. The average Bonchev–Trinajstić information content (AvgIpc) is 3.04. The van der Waals surface area contributed by atoms with E-state index in [0.717, 1.165) is 28.7 Å². The molecule has 0 unspecified atom stereocenters. The van der Waals surface area contributed by atoms with Crippen molar-refractivity contribution in [3.8, 4) is 0 Å². The second-order valence-corrected chi connectivity index (χ2v) is 6.79. The fraction of sp³-hybridized carbons (Fsp3) is 0.238. The van der Waals surface area contributed by atoms with E-state index < -0.39 is 0 Å². The van der Waals surface area contributed by atoms with E-state index >= 15 is 0 Å². The Morgan fingerprint density at radius 2 is 1.93 bits per heavy atom. The van der Waals surface area contributed by atoms with Crippen LogP contribution in [0.5, 0.6) is 0 Å². The highest BCUT2D eigenvalue weighted by Gasteiger charge is 2.16. The summed E-state index contributed by atoms with van der Waals surface area (Å²) in [6.07, 6.45) is 1.87. The molecule has 27 heavy (non-hydrogen) atoms. The Bertz CT molecular complexity index is 991. The van der Waals surface area contributed by atoms with Gasteiger partial charge in [0.25, 0.3) is 5.91 Å². The lowest BCUT2D eigenvalue weighted by atomic mass is 10.1. The topological polar surface area (TPSA) is 66.4 Å². The van der Waals surface area contributed by atoms with E-state index in [9.17, 15) is 9.59 Å². The Labute approximate surface area is 157 Å². The Morgan fingerprint density at radius 1 is 1.15 bits per heavy atom. The van der Waals surface area contributed by atoms with E-state index in [-0.39, 0.29) is 11.8 Å². The molecule has 1 aliphatic rings. The van der Waals surface area contributed by atoms with Crippen molar-refractivity contribution in [1.29, 1.82) is 0 Å². The molecule has 0 radical (unpaired) electrons. The molecule has 1 fully saturated rings. The zero-order valence-corrected chi connectivity index (χ0v) is 15.2. The Balaban J connectivity index is 1.42. The lowest BCUT2D eigenvalue weighted by Crippen LogP contribution is -2.47. The number of aryl methyl sites for hydroxylation is 1. The summed E-state index contributed by atoms with van der Waals surface area (Å²) >= 11 is 0. The number of nitrogens with zero attached hydrogens (tertiary/aromatic N) is 2. The summed E-state index contributed by atoms with van der Waals surface area (Å²) in [6, 6.07) is 15.9. The summed E-state index contributed by atoms with van der Waals surface area (Å²) < 4.78 is 1.97. The van der Waals surface area contributed by atoms with Gasteiger partial charge in [-0.1, -0.05) is 30.3 Å². The fourth-order valence-electron chi connectivity index (χ4n) is 3.48. The first kappa shape index (κ1) is 17.1. The monoisotopic (exact) mass is 362 g/mol. The van der Waals surface area contributed by atoms with Gasteiger partial charge in [-0.2, -0.15) is 0 Å². The molecule has 2 heterocycles. The first-order valence-corrected chi connectivity index (χ1v) is 9.04. The Kier molecular flexibility index (Phi) is 4.54. The van der Waals surface area contributed by atoms with E-state index in [1.165, 1.54) is 0 Å². The Morgan fingerprint density at radius 3 is 2.70 bits per heavy atom. The van der Waals surface area contributed by atoms with Gasteiger partial charge in [-0.15, -0.1) is 0 Å². The molecule has 4 rings (SSSR count). The number of para-hydroxylation sites is 1. The minimum Gasteiger partial charge on any atom is -0.360 e. The maximum Gasteiger partial charge on any atom is 0.253 e. The molecule has 3 aromatic rings. The third kappa shape index (κ3) is 3.51. The number of piperazine rings is 1. The number of rotatable bonds is 4. The minimum absolute atomic E-state index is 0.0488. The van der Waals surface area contributed by atoms with Crippen molar-refractivity contribution in [3.05, 3.63) is 65.9 Å². The standard InChI is InChI=1S/C21H22N4O2/c1-24-13-18(17-4-2-3-5-19(17)24)21(27)23-12-15-6-8-16(9-7-15)25-11-10-22-20(26)14-25/h2-9,13H,10-12,14H2,1H3,(H,22,26)(H,23,27). The zero-order chi connectivity index (χ0) is 18.8. The largest absolute Gasteiger partial charge is 0.360 e. The SMILES string of the molecule is Cn1cc(C(=O)NCc2ccc(N3CCNC(=O)C3)cc2)c2ccccc21. The number of amides is 2. The van der Waals surface area contributed by atoms with Gasteiger partial charge in [0.1, 0.15) is 0 Å². The molecule has 0 saturated carbocycles. The number of anilines is 1. The van der Waals surface area contributed by atoms with Crippen LogP contribution in [0.1, 0.15) is 15.9 Å². The number of aromatic nitrogens is 1. The highest BCUT2D eigenvalue weighted by Crippen LogP contribution is 2.20. The summed E-state index contributed by atoms with van der Waals surface area (Å²) in [5, 5.41) is 6.78. The van der Waals surface area contributed by atoms with Gasteiger partial charge in [0.2, 0.25) is 5.91 Å². The number of carbonyl (C=O) groups excluding carboxylic acids is 2. The molecule has 2 N–H and O–H groups in total.